The fraction of sp³-hybridized carbons (Fsp3) is 0.928. The minimum Gasteiger partial charge on any atom is -0.466 e. The van der Waals surface area contributed by atoms with Gasteiger partial charge in [-0.2, -0.15) is 0 Å². The van der Waals surface area contributed by atoms with E-state index in [2.05, 4.69) is 31.3 Å². The Hall–Kier alpha value is -1.66. The van der Waals surface area contributed by atoms with Gasteiger partial charge in [-0.3, -0.25) is 9.59 Å². The van der Waals surface area contributed by atoms with Gasteiger partial charge < -0.3 is 20.3 Å². The van der Waals surface area contributed by atoms with E-state index in [1.165, 1.54) is 405 Å². The van der Waals surface area contributed by atoms with Crippen molar-refractivity contribution in [2.45, 2.75) is 482 Å². The highest BCUT2D eigenvalue weighted by atomic mass is 16.5. The maximum Gasteiger partial charge on any atom is 0.305 e. The monoisotopic (exact) mass is 1250 g/mol. The topological polar surface area (TPSA) is 95.9 Å². The molecule has 0 radical (unpaired) electrons. The first kappa shape index (κ1) is 87.3. The van der Waals surface area contributed by atoms with Crippen LogP contribution in [0, 0.1) is 0 Å². The number of carbonyl (C=O) groups excluding carboxylic acids is 2. The number of aliphatic hydroxyl groups excluding tert-OH is 2. The molecule has 6 nitrogen and oxygen atoms in total. The van der Waals surface area contributed by atoms with Gasteiger partial charge in [0.05, 0.1) is 25.4 Å². The molecule has 0 saturated carbocycles. The van der Waals surface area contributed by atoms with E-state index in [0.29, 0.717) is 19.4 Å². The van der Waals surface area contributed by atoms with Crippen LogP contribution in [0.25, 0.3) is 0 Å². The third-order valence-corrected chi connectivity index (χ3v) is 19.5. The zero-order valence-electron chi connectivity index (χ0n) is 60.7. The van der Waals surface area contributed by atoms with Crippen molar-refractivity contribution in [3.05, 3.63) is 24.3 Å². The molecule has 89 heavy (non-hydrogen) atoms. The summed E-state index contributed by atoms with van der Waals surface area (Å²) >= 11 is 0. The summed E-state index contributed by atoms with van der Waals surface area (Å²) in [6.45, 7) is 4.96. The summed E-state index contributed by atoms with van der Waals surface area (Å²) in [5, 5.41) is 23.3. The van der Waals surface area contributed by atoms with Crippen LogP contribution in [0.2, 0.25) is 0 Å². The summed E-state index contributed by atoms with van der Waals surface area (Å²) in [6, 6.07) is -0.625. The molecule has 0 aromatic rings. The number of nitrogens with one attached hydrogen (secondary N) is 1. The average Bonchev–Trinajstić information content (AvgIpc) is 3.57. The Labute approximate surface area is 558 Å². The highest BCUT2D eigenvalue weighted by Gasteiger charge is 2.18. The number of allylic oxidation sites excluding steroid dienone is 3. The molecule has 0 spiro atoms. The number of hydrogen-bond acceptors (Lipinski definition) is 5. The molecule has 0 aromatic heterocycles. The van der Waals surface area contributed by atoms with Crippen molar-refractivity contribution in [1.29, 1.82) is 0 Å². The van der Waals surface area contributed by atoms with Crippen LogP contribution >= 0.6 is 0 Å². The van der Waals surface area contributed by atoms with Crippen LogP contribution in [0.15, 0.2) is 24.3 Å². The van der Waals surface area contributed by atoms with E-state index in [0.717, 1.165) is 38.5 Å². The molecule has 6 heteroatoms. The van der Waals surface area contributed by atoms with Crippen LogP contribution in [0.4, 0.5) is 0 Å². The van der Waals surface area contributed by atoms with Gasteiger partial charge >= 0.3 is 5.97 Å². The van der Waals surface area contributed by atoms with Crippen LogP contribution in [0.1, 0.15) is 470 Å². The van der Waals surface area contributed by atoms with Crippen molar-refractivity contribution >= 4 is 11.9 Å². The number of aliphatic hydroxyl groups is 2. The second-order valence-corrected chi connectivity index (χ2v) is 28.5. The van der Waals surface area contributed by atoms with Crippen LogP contribution in [0.5, 0.6) is 0 Å². The molecule has 0 aliphatic carbocycles. The minimum atomic E-state index is -0.842. The zero-order chi connectivity index (χ0) is 64.2. The molecule has 0 aliphatic heterocycles. The van der Waals surface area contributed by atoms with E-state index < -0.39 is 12.1 Å². The first-order chi connectivity index (χ1) is 44.0. The molecular weight excluding hydrogens is 1090 g/mol. The van der Waals surface area contributed by atoms with E-state index in [4.69, 9.17) is 4.74 Å². The highest BCUT2D eigenvalue weighted by molar-refractivity contribution is 5.76. The average molecular weight is 1250 g/mol. The molecular formula is C83H161NO5. The van der Waals surface area contributed by atoms with Gasteiger partial charge in [-0.15, -0.1) is 0 Å². The Morgan fingerprint density at radius 1 is 0.303 bits per heavy atom. The van der Waals surface area contributed by atoms with Crippen LogP contribution in [-0.4, -0.2) is 47.4 Å². The molecule has 0 heterocycles. The molecule has 2 unspecified atom stereocenters. The Morgan fingerprint density at radius 3 is 0.798 bits per heavy atom. The smallest absolute Gasteiger partial charge is 0.305 e. The molecule has 0 aromatic carbocycles. The van der Waals surface area contributed by atoms with Gasteiger partial charge in [-0.1, -0.05) is 423 Å². The standard InChI is InChI=1S/C83H161NO5/c1-3-5-7-9-11-13-15-17-19-21-44-47-51-55-59-63-67-71-75-81(86)80(79-85)84-82(87)76-72-68-64-60-56-52-48-45-41-39-37-35-33-31-29-27-25-23-22-24-26-28-30-32-34-36-38-40-42-46-50-54-58-62-66-70-74-78-89-83(88)77-73-69-65-61-57-53-49-43-20-18-16-14-12-10-8-6-4-2/h22,24,71,75,80-81,85-86H,3-21,23,25-70,72-74,76-79H2,1-2H3,(H,84,87)/b24-22-,75-71+. The molecule has 0 fully saturated rings. The number of hydrogen-bond donors (Lipinski definition) is 3. The number of ether oxygens (including phenoxy) is 1. The van der Waals surface area contributed by atoms with Crippen molar-refractivity contribution in [2.24, 2.45) is 0 Å². The Kier molecular flexibility index (Phi) is 77.3. The first-order valence-electron chi connectivity index (χ1n) is 41.1. The predicted octanol–water partition coefficient (Wildman–Crippen LogP) is 27.2. The minimum absolute atomic E-state index is 0.0263. The summed E-state index contributed by atoms with van der Waals surface area (Å²) < 4.78 is 5.52. The summed E-state index contributed by atoms with van der Waals surface area (Å²) in [7, 11) is 0. The van der Waals surface area contributed by atoms with Gasteiger partial charge in [-0.05, 0) is 57.8 Å². The van der Waals surface area contributed by atoms with E-state index in [9.17, 15) is 19.8 Å². The molecule has 0 bridgehead atoms. The maximum absolute atomic E-state index is 12.5. The van der Waals surface area contributed by atoms with Gasteiger partial charge in [0.2, 0.25) is 5.91 Å². The summed E-state index contributed by atoms with van der Waals surface area (Å²) in [6.07, 6.45) is 102. The summed E-state index contributed by atoms with van der Waals surface area (Å²) in [5.41, 5.74) is 0. The summed E-state index contributed by atoms with van der Waals surface area (Å²) in [4.78, 5) is 24.6. The molecule has 0 saturated heterocycles. The van der Waals surface area contributed by atoms with Crippen molar-refractivity contribution in [3.63, 3.8) is 0 Å². The molecule has 0 rings (SSSR count). The maximum atomic E-state index is 12.5. The van der Waals surface area contributed by atoms with Crippen molar-refractivity contribution in [3.8, 4) is 0 Å². The number of esters is 1. The Bertz CT molecular complexity index is 1400. The van der Waals surface area contributed by atoms with Crippen molar-refractivity contribution < 1.29 is 24.5 Å². The Balaban J connectivity index is 3.33. The van der Waals surface area contributed by atoms with Gasteiger partial charge in [0, 0.05) is 12.8 Å². The predicted molar refractivity (Wildman–Crippen MR) is 393 cm³/mol. The molecule has 528 valence electrons. The lowest BCUT2D eigenvalue weighted by molar-refractivity contribution is -0.143. The van der Waals surface area contributed by atoms with E-state index in [1.54, 1.807) is 6.08 Å². The van der Waals surface area contributed by atoms with Crippen molar-refractivity contribution in [1.82, 2.24) is 5.32 Å². The quantitative estimate of drug-likeness (QED) is 0.0320. The third-order valence-electron chi connectivity index (χ3n) is 19.5. The SMILES string of the molecule is CCCCCCCCCCCCCCCCCC/C=C/C(O)C(CO)NC(=O)CCCCCCCCCCCCCCCCCCC/C=C\CCCCCCCCCCCCCCCCCCOC(=O)CCCCCCCCCCCCCCCCCCC. The Morgan fingerprint density at radius 2 is 0.528 bits per heavy atom. The fourth-order valence-electron chi connectivity index (χ4n) is 13.2. The fourth-order valence-corrected chi connectivity index (χ4v) is 13.2. The van der Waals surface area contributed by atoms with Crippen molar-refractivity contribution in [2.75, 3.05) is 13.2 Å². The lowest BCUT2D eigenvalue weighted by Gasteiger charge is -2.20. The van der Waals surface area contributed by atoms with Gasteiger partial charge in [-0.25, -0.2) is 0 Å². The van der Waals surface area contributed by atoms with Crippen LogP contribution in [-0.2, 0) is 14.3 Å². The molecule has 1 amide bonds. The normalized spacial score (nSPS) is 12.5. The van der Waals surface area contributed by atoms with Crippen LogP contribution < -0.4 is 5.32 Å². The molecule has 0 aliphatic rings. The van der Waals surface area contributed by atoms with Gasteiger partial charge in [0.25, 0.3) is 0 Å². The largest absolute Gasteiger partial charge is 0.466 e. The van der Waals surface area contributed by atoms with E-state index in [-0.39, 0.29) is 18.5 Å². The first-order valence-corrected chi connectivity index (χ1v) is 41.1. The van der Waals surface area contributed by atoms with Gasteiger partial charge in [0.15, 0.2) is 0 Å². The van der Waals surface area contributed by atoms with Gasteiger partial charge in [0.1, 0.15) is 0 Å². The lowest BCUT2D eigenvalue weighted by atomic mass is 10.0. The number of amides is 1. The number of unbranched alkanes of at least 4 members (excludes halogenated alkanes) is 65. The second kappa shape index (κ2) is 78.8. The number of carbonyl (C=O) groups is 2. The highest BCUT2D eigenvalue weighted by Crippen LogP contribution is 2.20. The lowest BCUT2D eigenvalue weighted by Crippen LogP contribution is -2.45. The molecule has 3 N–H and O–H groups in total. The third kappa shape index (κ3) is 75.3. The molecule has 2 atom stereocenters. The number of rotatable bonds is 78. The van der Waals surface area contributed by atoms with Crippen LogP contribution in [0.3, 0.4) is 0 Å². The summed E-state index contributed by atoms with van der Waals surface area (Å²) in [5.74, 6) is -0.0335. The zero-order valence-corrected chi connectivity index (χ0v) is 60.7. The van der Waals surface area contributed by atoms with E-state index >= 15 is 0 Å². The van der Waals surface area contributed by atoms with E-state index in [1.807, 2.05) is 6.08 Å². The second-order valence-electron chi connectivity index (χ2n) is 28.5.